The largest absolute Gasteiger partial charge is 0.381 e. The molecule has 0 amide bonds. The third kappa shape index (κ3) is 6.71. The molecule has 3 heteroatoms. The predicted molar refractivity (Wildman–Crippen MR) is 79.2 cm³/mol. The Hall–Kier alpha value is -0.900. The molecule has 19 heavy (non-hydrogen) atoms. The molecule has 1 aliphatic carbocycles. The highest BCUT2D eigenvalue weighted by Crippen LogP contribution is 2.28. The van der Waals surface area contributed by atoms with E-state index in [0.717, 1.165) is 45.1 Å². The van der Waals surface area contributed by atoms with Gasteiger partial charge in [0.25, 0.3) is 0 Å². The highest BCUT2D eigenvalue weighted by molar-refractivity contribution is 5.15. The number of nitrogens with one attached hydrogen (secondary N) is 1. The fraction of sp³-hybridized carbons (Fsp3) is 0.625. The SMILES string of the molecule is NC(CNCCCOCC1CC1)Cc1ccccc1. The van der Waals surface area contributed by atoms with E-state index in [1.807, 2.05) is 6.07 Å². The van der Waals surface area contributed by atoms with Crippen molar-refractivity contribution in [3.8, 4) is 0 Å². The molecule has 3 N–H and O–H groups in total. The van der Waals surface area contributed by atoms with Gasteiger partial charge >= 0.3 is 0 Å². The fourth-order valence-corrected chi connectivity index (χ4v) is 2.11. The Morgan fingerprint density at radius 2 is 2.05 bits per heavy atom. The van der Waals surface area contributed by atoms with Gasteiger partial charge in [0.1, 0.15) is 0 Å². The van der Waals surface area contributed by atoms with Gasteiger partial charge in [0.05, 0.1) is 0 Å². The second kappa shape index (κ2) is 8.31. The minimum atomic E-state index is 0.190. The van der Waals surface area contributed by atoms with Crippen LogP contribution in [0.15, 0.2) is 30.3 Å². The molecule has 1 aromatic carbocycles. The van der Waals surface area contributed by atoms with Crippen LogP contribution in [0.4, 0.5) is 0 Å². The summed E-state index contributed by atoms with van der Waals surface area (Å²) >= 11 is 0. The second-order valence-electron chi connectivity index (χ2n) is 5.53. The molecule has 0 heterocycles. The molecular formula is C16H26N2O. The first-order valence-electron chi connectivity index (χ1n) is 7.42. The Kier molecular flexibility index (Phi) is 6.34. The summed E-state index contributed by atoms with van der Waals surface area (Å²) < 4.78 is 5.59. The standard InChI is InChI=1S/C16H26N2O/c17-16(11-14-5-2-1-3-6-14)12-18-9-4-10-19-13-15-7-8-15/h1-3,5-6,15-16,18H,4,7-13,17H2. The molecule has 1 saturated carbocycles. The number of hydrogen-bond acceptors (Lipinski definition) is 3. The first-order chi connectivity index (χ1) is 9.34. The van der Waals surface area contributed by atoms with Crippen LogP contribution in [0.3, 0.4) is 0 Å². The monoisotopic (exact) mass is 262 g/mol. The van der Waals surface area contributed by atoms with Crippen molar-refractivity contribution in [2.24, 2.45) is 11.7 Å². The Labute approximate surface area is 116 Å². The predicted octanol–water partition coefficient (Wildman–Crippen LogP) is 1.96. The highest BCUT2D eigenvalue weighted by Gasteiger charge is 2.20. The van der Waals surface area contributed by atoms with Crippen molar-refractivity contribution in [1.82, 2.24) is 5.32 Å². The van der Waals surface area contributed by atoms with E-state index in [4.69, 9.17) is 10.5 Å². The third-order valence-electron chi connectivity index (χ3n) is 3.44. The van der Waals surface area contributed by atoms with Crippen LogP contribution in [0.1, 0.15) is 24.8 Å². The van der Waals surface area contributed by atoms with Crippen LogP contribution in [-0.2, 0) is 11.2 Å². The van der Waals surface area contributed by atoms with Gasteiger partial charge in [-0.05, 0) is 43.7 Å². The smallest absolute Gasteiger partial charge is 0.0494 e. The average Bonchev–Trinajstić information content (AvgIpc) is 3.23. The maximum absolute atomic E-state index is 6.10. The average molecular weight is 262 g/mol. The molecule has 1 aromatic rings. The van der Waals surface area contributed by atoms with Crippen molar-refractivity contribution in [2.45, 2.75) is 31.7 Å². The fourth-order valence-electron chi connectivity index (χ4n) is 2.11. The molecule has 1 unspecified atom stereocenters. The highest BCUT2D eigenvalue weighted by atomic mass is 16.5. The van der Waals surface area contributed by atoms with E-state index in [1.54, 1.807) is 0 Å². The number of hydrogen-bond donors (Lipinski definition) is 2. The minimum Gasteiger partial charge on any atom is -0.381 e. The van der Waals surface area contributed by atoms with Crippen LogP contribution in [0.2, 0.25) is 0 Å². The molecule has 1 atom stereocenters. The molecule has 2 rings (SSSR count). The van der Waals surface area contributed by atoms with E-state index >= 15 is 0 Å². The number of benzene rings is 1. The topological polar surface area (TPSA) is 47.3 Å². The van der Waals surface area contributed by atoms with Crippen LogP contribution < -0.4 is 11.1 Å². The lowest BCUT2D eigenvalue weighted by Crippen LogP contribution is -2.36. The Morgan fingerprint density at radius 1 is 1.26 bits per heavy atom. The van der Waals surface area contributed by atoms with Crippen LogP contribution in [0.5, 0.6) is 0 Å². The van der Waals surface area contributed by atoms with Crippen molar-refractivity contribution in [2.75, 3.05) is 26.3 Å². The van der Waals surface area contributed by atoms with Crippen molar-refractivity contribution in [1.29, 1.82) is 0 Å². The maximum Gasteiger partial charge on any atom is 0.0494 e. The van der Waals surface area contributed by atoms with Gasteiger partial charge in [-0.25, -0.2) is 0 Å². The van der Waals surface area contributed by atoms with E-state index in [1.165, 1.54) is 18.4 Å². The zero-order chi connectivity index (χ0) is 13.3. The Morgan fingerprint density at radius 3 is 2.79 bits per heavy atom. The van der Waals surface area contributed by atoms with Gasteiger partial charge in [0.15, 0.2) is 0 Å². The zero-order valence-electron chi connectivity index (χ0n) is 11.7. The lowest BCUT2D eigenvalue weighted by Gasteiger charge is -2.13. The van der Waals surface area contributed by atoms with Gasteiger partial charge in [-0.3, -0.25) is 0 Å². The number of ether oxygens (including phenoxy) is 1. The number of nitrogens with two attached hydrogens (primary N) is 1. The third-order valence-corrected chi connectivity index (χ3v) is 3.44. The van der Waals surface area contributed by atoms with Crippen LogP contribution >= 0.6 is 0 Å². The van der Waals surface area contributed by atoms with Gasteiger partial charge in [0.2, 0.25) is 0 Å². The minimum absolute atomic E-state index is 0.190. The molecule has 0 bridgehead atoms. The summed E-state index contributed by atoms with van der Waals surface area (Å²) in [4.78, 5) is 0. The second-order valence-corrected chi connectivity index (χ2v) is 5.53. The van der Waals surface area contributed by atoms with Gasteiger partial charge in [-0.2, -0.15) is 0 Å². The summed E-state index contributed by atoms with van der Waals surface area (Å²) in [5.74, 6) is 0.868. The molecule has 106 valence electrons. The van der Waals surface area contributed by atoms with Crippen LogP contribution in [0, 0.1) is 5.92 Å². The van der Waals surface area contributed by atoms with Gasteiger partial charge in [-0.15, -0.1) is 0 Å². The first kappa shape index (κ1) is 14.5. The van der Waals surface area contributed by atoms with Crippen molar-refractivity contribution in [3.05, 3.63) is 35.9 Å². The van der Waals surface area contributed by atoms with E-state index in [-0.39, 0.29) is 6.04 Å². The molecule has 3 nitrogen and oxygen atoms in total. The van der Waals surface area contributed by atoms with E-state index in [2.05, 4.69) is 29.6 Å². The summed E-state index contributed by atoms with van der Waals surface area (Å²) in [6, 6.07) is 10.6. The molecule has 1 aliphatic rings. The van der Waals surface area contributed by atoms with Crippen molar-refractivity contribution >= 4 is 0 Å². The summed E-state index contributed by atoms with van der Waals surface area (Å²) in [6.07, 6.45) is 4.75. The maximum atomic E-state index is 6.10. The summed E-state index contributed by atoms with van der Waals surface area (Å²) in [5.41, 5.74) is 7.41. The lowest BCUT2D eigenvalue weighted by molar-refractivity contribution is 0.122. The molecule has 0 aromatic heterocycles. The summed E-state index contributed by atoms with van der Waals surface area (Å²) in [6.45, 7) is 3.70. The van der Waals surface area contributed by atoms with Crippen molar-refractivity contribution in [3.63, 3.8) is 0 Å². The number of rotatable bonds is 10. The van der Waals surface area contributed by atoms with E-state index in [0.29, 0.717) is 0 Å². The zero-order valence-corrected chi connectivity index (χ0v) is 11.7. The van der Waals surface area contributed by atoms with Gasteiger partial charge in [0, 0.05) is 25.8 Å². The molecule has 0 radical (unpaired) electrons. The van der Waals surface area contributed by atoms with Gasteiger partial charge < -0.3 is 15.8 Å². The summed E-state index contributed by atoms with van der Waals surface area (Å²) in [5, 5.41) is 3.40. The van der Waals surface area contributed by atoms with Crippen LogP contribution in [-0.4, -0.2) is 32.3 Å². The molecule has 0 saturated heterocycles. The Bertz CT molecular complexity index is 338. The van der Waals surface area contributed by atoms with Crippen LogP contribution in [0.25, 0.3) is 0 Å². The van der Waals surface area contributed by atoms with E-state index < -0.39 is 0 Å². The summed E-state index contributed by atoms with van der Waals surface area (Å²) in [7, 11) is 0. The Balaban J connectivity index is 1.43. The van der Waals surface area contributed by atoms with E-state index in [9.17, 15) is 0 Å². The lowest BCUT2D eigenvalue weighted by atomic mass is 10.1. The molecular weight excluding hydrogens is 236 g/mol. The van der Waals surface area contributed by atoms with Gasteiger partial charge in [-0.1, -0.05) is 30.3 Å². The first-order valence-corrected chi connectivity index (χ1v) is 7.42. The molecule has 0 spiro atoms. The van der Waals surface area contributed by atoms with Crippen molar-refractivity contribution < 1.29 is 4.74 Å². The molecule has 1 fully saturated rings. The normalized spacial score (nSPS) is 16.5. The quantitative estimate of drug-likeness (QED) is 0.634. The molecule has 0 aliphatic heterocycles.